The zero-order valence-corrected chi connectivity index (χ0v) is 16.9. The lowest BCUT2D eigenvalue weighted by Gasteiger charge is -2.45. The number of non-ortho nitro benzene ring substituents is 1. The van der Waals surface area contributed by atoms with Crippen LogP contribution in [0.3, 0.4) is 0 Å². The van der Waals surface area contributed by atoms with Crippen molar-refractivity contribution in [1.29, 1.82) is 0 Å². The van der Waals surface area contributed by atoms with E-state index in [0.717, 1.165) is 16.8 Å². The quantitative estimate of drug-likeness (QED) is 0.405. The number of nitrogens with zero attached hydrogens (tertiary/aromatic N) is 3. The minimum Gasteiger partial charge on any atom is -0.462 e. The van der Waals surface area contributed by atoms with Crippen LogP contribution in [0.5, 0.6) is 5.75 Å². The summed E-state index contributed by atoms with van der Waals surface area (Å²) >= 11 is 6.28. The van der Waals surface area contributed by atoms with Gasteiger partial charge in [-0.15, -0.1) is 0 Å². The van der Waals surface area contributed by atoms with Crippen LogP contribution in [0.15, 0.2) is 77.9 Å². The van der Waals surface area contributed by atoms with E-state index < -0.39 is 10.6 Å². The molecule has 2 atom stereocenters. The third-order valence-corrected chi connectivity index (χ3v) is 5.92. The van der Waals surface area contributed by atoms with Crippen molar-refractivity contribution in [3.63, 3.8) is 0 Å². The molecule has 3 aromatic rings. The van der Waals surface area contributed by atoms with Gasteiger partial charge in [-0.2, -0.15) is 5.10 Å². The van der Waals surface area contributed by atoms with Crippen molar-refractivity contribution >= 4 is 23.0 Å². The fourth-order valence-corrected chi connectivity index (χ4v) is 4.36. The SMILES string of the molecule is C[C@@]1(c2cccc([N+](=O)[O-])c2)Oc2ccc(Cl)cc2[C@@H]2CC(c3ccccc3)=NN21. The van der Waals surface area contributed by atoms with Crippen molar-refractivity contribution in [3.8, 4) is 5.75 Å². The standard InChI is InChI=1S/C23H18ClN3O3/c1-23(16-8-5-9-18(12-16)27(28)29)26-21(19-13-17(24)10-11-22(19)30-23)14-20(25-26)15-6-3-2-4-7-15/h2-13,21H,14H2,1H3/t21-,23-/m0/s1. The normalized spacial score (nSPS) is 22.0. The molecule has 3 aromatic carbocycles. The number of benzene rings is 3. The number of nitro groups is 1. The van der Waals surface area contributed by atoms with Crippen molar-refractivity contribution in [3.05, 3.63) is 105 Å². The number of hydrogen-bond donors (Lipinski definition) is 0. The van der Waals surface area contributed by atoms with E-state index in [-0.39, 0.29) is 11.7 Å². The van der Waals surface area contributed by atoms with Crippen LogP contribution in [0, 0.1) is 10.1 Å². The van der Waals surface area contributed by atoms with Gasteiger partial charge >= 0.3 is 0 Å². The van der Waals surface area contributed by atoms with Crippen LogP contribution in [0.25, 0.3) is 0 Å². The number of hydrazone groups is 1. The Kier molecular flexibility index (Phi) is 4.25. The molecule has 2 aliphatic heterocycles. The van der Waals surface area contributed by atoms with Gasteiger partial charge in [-0.3, -0.25) is 10.1 Å². The molecule has 30 heavy (non-hydrogen) atoms. The lowest BCUT2D eigenvalue weighted by molar-refractivity contribution is -0.385. The fourth-order valence-electron chi connectivity index (χ4n) is 4.18. The lowest BCUT2D eigenvalue weighted by Crippen LogP contribution is -2.48. The Labute approximate surface area is 178 Å². The first-order valence-corrected chi connectivity index (χ1v) is 9.99. The van der Waals surface area contributed by atoms with E-state index >= 15 is 0 Å². The predicted molar refractivity (Wildman–Crippen MR) is 115 cm³/mol. The van der Waals surface area contributed by atoms with Crippen LogP contribution in [0.4, 0.5) is 5.69 Å². The molecule has 0 saturated heterocycles. The largest absolute Gasteiger partial charge is 0.462 e. The van der Waals surface area contributed by atoms with Crippen molar-refractivity contribution in [1.82, 2.24) is 5.01 Å². The van der Waals surface area contributed by atoms with Gasteiger partial charge in [0.15, 0.2) is 0 Å². The topological polar surface area (TPSA) is 68.0 Å². The Hall–Kier alpha value is -3.38. The number of hydrogen-bond acceptors (Lipinski definition) is 5. The number of nitro benzene ring substituents is 1. The summed E-state index contributed by atoms with van der Waals surface area (Å²) in [5.74, 6) is 0.708. The highest BCUT2D eigenvalue weighted by atomic mass is 35.5. The number of rotatable bonds is 3. The molecule has 0 unspecified atom stereocenters. The van der Waals surface area contributed by atoms with E-state index in [2.05, 4.69) is 0 Å². The predicted octanol–water partition coefficient (Wildman–Crippen LogP) is 5.66. The van der Waals surface area contributed by atoms with Gasteiger partial charge in [0.25, 0.3) is 5.69 Å². The summed E-state index contributed by atoms with van der Waals surface area (Å²) in [4.78, 5) is 11.0. The molecule has 7 heteroatoms. The summed E-state index contributed by atoms with van der Waals surface area (Å²) in [5.41, 5.74) is 2.61. The summed E-state index contributed by atoms with van der Waals surface area (Å²) in [6.45, 7) is 1.90. The fraction of sp³-hybridized carbons (Fsp3) is 0.174. The highest BCUT2D eigenvalue weighted by Crippen LogP contribution is 2.51. The monoisotopic (exact) mass is 419 g/mol. The summed E-state index contributed by atoms with van der Waals surface area (Å²) in [6, 6.07) is 22.0. The Balaban J connectivity index is 1.67. The number of fused-ring (bicyclic) bond motifs is 3. The molecule has 0 spiro atoms. The summed E-state index contributed by atoms with van der Waals surface area (Å²) in [7, 11) is 0. The van der Waals surface area contributed by atoms with Crippen LogP contribution in [0.2, 0.25) is 5.02 Å². The van der Waals surface area contributed by atoms with Gasteiger partial charge in [0.1, 0.15) is 5.75 Å². The highest BCUT2D eigenvalue weighted by molar-refractivity contribution is 6.30. The van der Waals surface area contributed by atoms with Crippen LogP contribution >= 0.6 is 11.6 Å². The van der Waals surface area contributed by atoms with Crippen molar-refractivity contribution in [2.24, 2.45) is 5.10 Å². The third kappa shape index (κ3) is 2.92. The Morgan fingerprint density at radius 3 is 2.70 bits per heavy atom. The lowest BCUT2D eigenvalue weighted by atomic mass is 9.92. The maximum absolute atomic E-state index is 11.3. The molecule has 0 aliphatic carbocycles. The van der Waals surface area contributed by atoms with Crippen LogP contribution in [0.1, 0.15) is 36.1 Å². The zero-order chi connectivity index (χ0) is 20.9. The first-order chi connectivity index (χ1) is 14.5. The van der Waals surface area contributed by atoms with Crippen molar-refractivity contribution in [2.45, 2.75) is 25.1 Å². The average Bonchev–Trinajstić information content (AvgIpc) is 3.22. The van der Waals surface area contributed by atoms with Crippen LogP contribution in [-0.4, -0.2) is 15.6 Å². The van der Waals surface area contributed by atoms with E-state index in [0.29, 0.717) is 22.8 Å². The summed E-state index contributed by atoms with van der Waals surface area (Å²) in [5, 5.41) is 18.8. The molecule has 6 nitrogen and oxygen atoms in total. The summed E-state index contributed by atoms with van der Waals surface area (Å²) in [6.07, 6.45) is 0.686. The molecule has 0 fully saturated rings. The Morgan fingerprint density at radius 1 is 1.13 bits per heavy atom. The molecule has 0 saturated carbocycles. The summed E-state index contributed by atoms with van der Waals surface area (Å²) < 4.78 is 6.43. The molecule has 2 heterocycles. The first-order valence-electron chi connectivity index (χ1n) is 9.61. The van der Waals surface area contributed by atoms with E-state index in [4.69, 9.17) is 21.4 Å². The molecule has 0 radical (unpaired) electrons. The maximum Gasteiger partial charge on any atom is 0.269 e. The highest BCUT2D eigenvalue weighted by Gasteiger charge is 2.49. The second-order valence-electron chi connectivity index (χ2n) is 7.55. The molecule has 0 N–H and O–H groups in total. The van der Waals surface area contributed by atoms with Gasteiger partial charge in [-0.1, -0.05) is 54.1 Å². The second-order valence-corrected chi connectivity index (χ2v) is 7.99. The minimum atomic E-state index is -1.01. The molecule has 0 amide bonds. The minimum absolute atomic E-state index is 0.0160. The number of halogens is 1. The van der Waals surface area contributed by atoms with E-state index in [1.165, 1.54) is 6.07 Å². The molecule has 2 aliphatic rings. The Morgan fingerprint density at radius 2 is 1.93 bits per heavy atom. The van der Waals surface area contributed by atoms with Gasteiger partial charge in [0, 0.05) is 41.6 Å². The van der Waals surface area contributed by atoms with Crippen molar-refractivity contribution in [2.75, 3.05) is 0 Å². The van der Waals surface area contributed by atoms with Crippen LogP contribution < -0.4 is 4.74 Å². The van der Waals surface area contributed by atoms with Gasteiger partial charge in [0.2, 0.25) is 5.72 Å². The zero-order valence-electron chi connectivity index (χ0n) is 16.2. The third-order valence-electron chi connectivity index (χ3n) is 5.69. The Bertz CT molecular complexity index is 1180. The van der Waals surface area contributed by atoms with E-state index in [1.54, 1.807) is 18.2 Å². The molecular weight excluding hydrogens is 402 g/mol. The second kappa shape index (κ2) is 6.85. The number of ether oxygens (including phenoxy) is 1. The van der Waals surface area contributed by atoms with E-state index in [1.807, 2.05) is 60.5 Å². The van der Waals surface area contributed by atoms with Gasteiger partial charge in [-0.25, -0.2) is 5.01 Å². The smallest absolute Gasteiger partial charge is 0.269 e. The average molecular weight is 420 g/mol. The molecule has 0 bridgehead atoms. The molecule has 5 rings (SSSR count). The van der Waals surface area contributed by atoms with Crippen LogP contribution in [-0.2, 0) is 5.72 Å². The van der Waals surface area contributed by atoms with E-state index in [9.17, 15) is 10.1 Å². The maximum atomic E-state index is 11.3. The molecule has 0 aromatic heterocycles. The molecular formula is C23H18ClN3O3. The first kappa shape index (κ1) is 18.6. The van der Waals surface area contributed by atoms with Gasteiger partial charge in [0.05, 0.1) is 16.7 Å². The van der Waals surface area contributed by atoms with Gasteiger partial charge in [-0.05, 0) is 23.8 Å². The molecule has 150 valence electrons. The van der Waals surface area contributed by atoms with Crippen molar-refractivity contribution < 1.29 is 9.66 Å². The van der Waals surface area contributed by atoms with Gasteiger partial charge < -0.3 is 4.74 Å².